The lowest BCUT2D eigenvalue weighted by Gasteiger charge is -2.32. The minimum atomic E-state index is 0.848. The highest BCUT2D eigenvalue weighted by atomic mass is 16.5. The van der Waals surface area contributed by atoms with Crippen LogP contribution < -0.4 is 9.64 Å². The number of nitrogens with zero attached hydrogens (tertiary/aromatic N) is 3. The summed E-state index contributed by atoms with van der Waals surface area (Å²) in [6, 6.07) is 19.3. The maximum absolute atomic E-state index is 5.36. The van der Waals surface area contributed by atoms with E-state index in [1.165, 1.54) is 29.7 Å². The standard InChI is InChI=1S/C24H25N3O/c1-17-9-12-26(13-10-17)20-5-3-18(4-6-20)19-11-14-27-23-16-21(28-2)7-8-22(23)25-24(27)15-19/h3-8,11,14-17H,9-10,12-13H2,1-2H3. The van der Waals surface area contributed by atoms with Crippen LogP contribution >= 0.6 is 0 Å². The van der Waals surface area contributed by atoms with Crippen LogP contribution in [0.5, 0.6) is 5.75 Å². The molecule has 0 amide bonds. The lowest BCUT2D eigenvalue weighted by molar-refractivity contribution is 0.415. The second kappa shape index (κ2) is 6.86. The fourth-order valence-electron chi connectivity index (χ4n) is 4.13. The summed E-state index contributed by atoms with van der Waals surface area (Å²) in [6.07, 6.45) is 4.67. The Morgan fingerprint density at radius 3 is 2.46 bits per heavy atom. The van der Waals surface area contributed by atoms with Crippen molar-refractivity contribution in [2.75, 3.05) is 25.1 Å². The van der Waals surface area contributed by atoms with E-state index in [0.717, 1.165) is 41.4 Å². The van der Waals surface area contributed by atoms with Crippen molar-refractivity contribution in [2.24, 2.45) is 5.92 Å². The Bertz CT molecular complexity index is 1120. The summed E-state index contributed by atoms with van der Waals surface area (Å²) >= 11 is 0. The zero-order valence-corrected chi connectivity index (χ0v) is 16.4. The van der Waals surface area contributed by atoms with Gasteiger partial charge in [-0.1, -0.05) is 19.1 Å². The van der Waals surface area contributed by atoms with Crippen molar-refractivity contribution in [1.29, 1.82) is 0 Å². The molecule has 0 spiro atoms. The van der Waals surface area contributed by atoms with Gasteiger partial charge in [-0.15, -0.1) is 0 Å². The highest BCUT2D eigenvalue weighted by molar-refractivity contribution is 5.83. The van der Waals surface area contributed by atoms with Gasteiger partial charge in [0.05, 0.1) is 18.1 Å². The summed E-state index contributed by atoms with van der Waals surface area (Å²) in [5, 5.41) is 0. The van der Waals surface area contributed by atoms with Crippen LogP contribution in [0.4, 0.5) is 5.69 Å². The Morgan fingerprint density at radius 1 is 0.929 bits per heavy atom. The maximum atomic E-state index is 5.36. The van der Waals surface area contributed by atoms with Crippen LogP contribution in [-0.4, -0.2) is 29.6 Å². The first kappa shape index (κ1) is 17.1. The van der Waals surface area contributed by atoms with E-state index in [0.29, 0.717) is 0 Å². The largest absolute Gasteiger partial charge is 0.497 e. The van der Waals surface area contributed by atoms with Gasteiger partial charge in [0.2, 0.25) is 0 Å². The second-order valence-electron chi connectivity index (χ2n) is 7.83. The van der Waals surface area contributed by atoms with Crippen LogP contribution in [0.1, 0.15) is 19.8 Å². The smallest absolute Gasteiger partial charge is 0.138 e. The normalized spacial score (nSPS) is 15.4. The van der Waals surface area contributed by atoms with E-state index in [1.807, 2.05) is 18.2 Å². The number of fused-ring (bicyclic) bond motifs is 3. The number of hydrogen-bond donors (Lipinski definition) is 0. The second-order valence-corrected chi connectivity index (χ2v) is 7.83. The molecule has 28 heavy (non-hydrogen) atoms. The minimum absolute atomic E-state index is 0.848. The van der Waals surface area contributed by atoms with Gasteiger partial charge in [0.1, 0.15) is 11.4 Å². The summed E-state index contributed by atoms with van der Waals surface area (Å²) in [6.45, 7) is 4.68. The SMILES string of the molecule is COc1ccc2nc3cc(-c4ccc(N5CCC(C)CC5)cc4)ccn3c2c1. The first-order valence-electron chi connectivity index (χ1n) is 10.0. The van der Waals surface area contributed by atoms with Crippen LogP contribution in [0.2, 0.25) is 0 Å². The predicted octanol–water partition coefficient (Wildman–Crippen LogP) is 5.40. The lowest BCUT2D eigenvalue weighted by Crippen LogP contribution is -2.32. The monoisotopic (exact) mass is 371 g/mol. The molecule has 0 saturated carbocycles. The van der Waals surface area contributed by atoms with Crippen LogP contribution in [0.3, 0.4) is 0 Å². The molecule has 2 aromatic heterocycles. The number of pyridine rings is 1. The molecule has 2 aromatic carbocycles. The molecule has 0 N–H and O–H groups in total. The molecule has 1 aliphatic rings. The van der Waals surface area contributed by atoms with Gasteiger partial charge in [-0.25, -0.2) is 4.98 Å². The molecule has 1 aliphatic heterocycles. The zero-order valence-electron chi connectivity index (χ0n) is 16.4. The molecule has 5 rings (SSSR count). The van der Waals surface area contributed by atoms with Gasteiger partial charge < -0.3 is 9.64 Å². The average molecular weight is 371 g/mol. The van der Waals surface area contributed by atoms with Gasteiger partial charge >= 0.3 is 0 Å². The summed E-state index contributed by atoms with van der Waals surface area (Å²) in [7, 11) is 1.69. The van der Waals surface area contributed by atoms with Gasteiger partial charge in [-0.3, -0.25) is 4.40 Å². The number of hydrogen-bond acceptors (Lipinski definition) is 3. The number of imidazole rings is 1. The third kappa shape index (κ3) is 2.99. The van der Waals surface area contributed by atoms with Crippen molar-refractivity contribution >= 4 is 22.4 Å². The predicted molar refractivity (Wildman–Crippen MR) is 115 cm³/mol. The number of anilines is 1. The Labute approximate surface area is 165 Å². The van der Waals surface area contributed by atoms with Gasteiger partial charge in [0, 0.05) is 31.0 Å². The fraction of sp³-hybridized carbons (Fsp3) is 0.292. The molecule has 4 heteroatoms. The van der Waals surface area contributed by atoms with Crippen molar-refractivity contribution < 1.29 is 4.74 Å². The third-order valence-corrected chi connectivity index (χ3v) is 5.96. The molecule has 0 unspecified atom stereocenters. The Morgan fingerprint density at radius 2 is 1.71 bits per heavy atom. The van der Waals surface area contributed by atoms with Crippen molar-refractivity contribution in [3.05, 3.63) is 60.8 Å². The van der Waals surface area contributed by atoms with Crippen molar-refractivity contribution in [3.63, 3.8) is 0 Å². The van der Waals surface area contributed by atoms with E-state index in [1.54, 1.807) is 7.11 Å². The average Bonchev–Trinajstić information content (AvgIpc) is 3.11. The Balaban J connectivity index is 1.46. The van der Waals surface area contributed by atoms with Gasteiger partial charge in [-0.2, -0.15) is 0 Å². The van der Waals surface area contributed by atoms with Crippen molar-refractivity contribution in [1.82, 2.24) is 9.38 Å². The molecule has 1 fully saturated rings. The summed E-state index contributed by atoms with van der Waals surface area (Å²) < 4.78 is 7.47. The van der Waals surface area contributed by atoms with Crippen LogP contribution in [0, 0.1) is 5.92 Å². The number of rotatable bonds is 3. The molecule has 0 atom stereocenters. The molecule has 0 aliphatic carbocycles. The van der Waals surface area contributed by atoms with Crippen LogP contribution in [0.15, 0.2) is 60.8 Å². The van der Waals surface area contributed by atoms with Crippen molar-refractivity contribution in [2.45, 2.75) is 19.8 Å². The number of piperidine rings is 1. The Kier molecular flexibility index (Phi) is 4.19. The molecule has 1 saturated heterocycles. The molecular weight excluding hydrogens is 346 g/mol. The summed E-state index contributed by atoms with van der Waals surface area (Å²) in [4.78, 5) is 7.28. The quantitative estimate of drug-likeness (QED) is 0.483. The molecule has 0 radical (unpaired) electrons. The number of methoxy groups -OCH3 is 1. The first-order chi connectivity index (χ1) is 13.7. The molecule has 0 bridgehead atoms. The van der Waals surface area contributed by atoms with Gasteiger partial charge in [-0.05, 0) is 66.3 Å². The molecule has 3 heterocycles. The fourth-order valence-corrected chi connectivity index (χ4v) is 4.13. The number of benzene rings is 2. The topological polar surface area (TPSA) is 29.8 Å². The molecule has 4 nitrogen and oxygen atoms in total. The summed E-state index contributed by atoms with van der Waals surface area (Å²) in [5.74, 6) is 1.70. The van der Waals surface area contributed by atoms with E-state index < -0.39 is 0 Å². The van der Waals surface area contributed by atoms with Gasteiger partial charge in [0.15, 0.2) is 0 Å². The molecular formula is C24H25N3O. The zero-order chi connectivity index (χ0) is 19.1. The van der Waals surface area contributed by atoms with E-state index in [4.69, 9.17) is 9.72 Å². The molecule has 4 aromatic rings. The van der Waals surface area contributed by atoms with Gasteiger partial charge in [0.25, 0.3) is 0 Å². The molecule has 142 valence electrons. The number of aromatic nitrogens is 2. The van der Waals surface area contributed by atoms with E-state index in [2.05, 4.69) is 58.8 Å². The first-order valence-corrected chi connectivity index (χ1v) is 10.0. The Hall–Kier alpha value is -3.01. The summed E-state index contributed by atoms with van der Waals surface area (Å²) in [5.41, 5.74) is 6.74. The maximum Gasteiger partial charge on any atom is 0.138 e. The van der Waals surface area contributed by atoms with Crippen LogP contribution in [-0.2, 0) is 0 Å². The van der Waals surface area contributed by atoms with Crippen molar-refractivity contribution in [3.8, 4) is 16.9 Å². The lowest BCUT2D eigenvalue weighted by atomic mass is 9.98. The minimum Gasteiger partial charge on any atom is -0.497 e. The number of ether oxygens (including phenoxy) is 1. The van der Waals surface area contributed by atoms with Crippen LogP contribution in [0.25, 0.3) is 27.8 Å². The van der Waals surface area contributed by atoms with E-state index in [-0.39, 0.29) is 0 Å². The van der Waals surface area contributed by atoms with E-state index >= 15 is 0 Å². The highest BCUT2D eigenvalue weighted by Crippen LogP contribution is 2.28. The highest BCUT2D eigenvalue weighted by Gasteiger charge is 2.16. The third-order valence-electron chi connectivity index (χ3n) is 5.96. The van der Waals surface area contributed by atoms with E-state index in [9.17, 15) is 0 Å².